The molecule has 1 aromatic carbocycles. The number of nitrogens with zero attached hydrogens (tertiary/aromatic N) is 1. The molecule has 0 fully saturated rings. The van der Waals surface area contributed by atoms with E-state index in [1.54, 1.807) is 32.3 Å². The Labute approximate surface area is 83.3 Å². The minimum absolute atomic E-state index is 0.0955. The van der Waals surface area contributed by atoms with Crippen molar-refractivity contribution < 1.29 is 9.53 Å². The van der Waals surface area contributed by atoms with Gasteiger partial charge in [0.2, 0.25) is 0 Å². The van der Waals surface area contributed by atoms with Crippen LogP contribution in [0.25, 0.3) is 0 Å². The third kappa shape index (κ3) is 1.96. The van der Waals surface area contributed by atoms with Gasteiger partial charge in [-0.05, 0) is 12.1 Å². The number of anilines is 1. The summed E-state index contributed by atoms with van der Waals surface area (Å²) in [6.07, 6.45) is 0. The second-order valence-electron chi connectivity index (χ2n) is 3.16. The number of carbonyl (C=O) groups excluding carboxylic acids is 1. The summed E-state index contributed by atoms with van der Waals surface area (Å²) >= 11 is 0. The molecule has 1 aromatic rings. The Kier molecular flexibility index (Phi) is 2.96. The Hall–Kier alpha value is -1.71. The van der Waals surface area contributed by atoms with Crippen LogP contribution in [0.1, 0.15) is 10.4 Å². The van der Waals surface area contributed by atoms with Crippen molar-refractivity contribution in [1.82, 2.24) is 4.90 Å². The normalized spacial score (nSPS) is 9.64. The molecule has 76 valence electrons. The molecule has 14 heavy (non-hydrogen) atoms. The number of methoxy groups -OCH3 is 1. The van der Waals surface area contributed by atoms with Gasteiger partial charge < -0.3 is 15.4 Å². The van der Waals surface area contributed by atoms with Crippen molar-refractivity contribution in [3.8, 4) is 5.75 Å². The highest BCUT2D eigenvalue weighted by Gasteiger charge is 2.13. The highest BCUT2D eigenvalue weighted by Crippen LogP contribution is 2.22. The summed E-state index contributed by atoms with van der Waals surface area (Å²) < 4.78 is 5.07. The van der Waals surface area contributed by atoms with Crippen LogP contribution in [0.4, 0.5) is 5.69 Å². The van der Waals surface area contributed by atoms with E-state index in [9.17, 15) is 4.79 Å². The van der Waals surface area contributed by atoms with Crippen LogP contribution >= 0.6 is 0 Å². The molecule has 0 spiro atoms. The molecule has 0 aromatic heterocycles. The number of hydrogen-bond donors (Lipinski definition) is 1. The lowest BCUT2D eigenvalue weighted by molar-refractivity contribution is 0.0824. The third-order valence-electron chi connectivity index (χ3n) is 1.86. The third-order valence-corrected chi connectivity index (χ3v) is 1.86. The van der Waals surface area contributed by atoms with Gasteiger partial charge >= 0.3 is 0 Å². The molecular weight excluding hydrogens is 180 g/mol. The fraction of sp³-hybridized carbons (Fsp3) is 0.300. The van der Waals surface area contributed by atoms with E-state index in [0.29, 0.717) is 17.0 Å². The summed E-state index contributed by atoms with van der Waals surface area (Å²) in [5.41, 5.74) is 6.68. The number of carbonyl (C=O) groups is 1. The van der Waals surface area contributed by atoms with Gasteiger partial charge in [-0.25, -0.2) is 0 Å². The fourth-order valence-corrected chi connectivity index (χ4v) is 1.13. The molecule has 0 aliphatic rings. The lowest BCUT2D eigenvalue weighted by Gasteiger charge is -2.13. The van der Waals surface area contributed by atoms with E-state index >= 15 is 0 Å². The molecular formula is C10H14N2O2. The SMILES string of the molecule is COc1cc(N)ccc1C(=O)N(C)C. The predicted octanol–water partition coefficient (Wildman–Crippen LogP) is 0.979. The molecule has 0 heterocycles. The molecule has 0 radical (unpaired) electrons. The number of ether oxygens (including phenoxy) is 1. The molecule has 0 saturated carbocycles. The number of nitrogen functional groups attached to an aromatic ring is 1. The second-order valence-corrected chi connectivity index (χ2v) is 3.16. The van der Waals surface area contributed by atoms with Crippen LogP contribution in [0.2, 0.25) is 0 Å². The molecule has 2 N–H and O–H groups in total. The first-order valence-electron chi connectivity index (χ1n) is 4.21. The standard InChI is InChI=1S/C10H14N2O2/c1-12(2)10(13)8-5-4-7(11)6-9(8)14-3/h4-6H,11H2,1-3H3. The summed E-state index contributed by atoms with van der Waals surface area (Å²) in [4.78, 5) is 13.1. The van der Waals surface area contributed by atoms with Crippen molar-refractivity contribution >= 4 is 11.6 Å². The monoisotopic (exact) mass is 194 g/mol. The van der Waals surface area contributed by atoms with Gasteiger partial charge in [-0.2, -0.15) is 0 Å². The Morgan fingerprint density at radius 2 is 2.07 bits per heavy atom. The van der Waals surface area contributed by atoms with Crippen molar-refractivity contribution in [1.29, 1.82) is 0 Å². The first-order valence-corrected chi connectivity index (χ1v) is 4.21. The van der Waals surface area contributed by atoms with E-state index in [2.05, 4.69) is 0 Å². The van der Waals surface area contributed by atoms with E-state index in [1.807, 2.05) is 0 Å². The van der Waals surface area contributed by atoms with Crippen molar-refractivity contribution in [2.24, 2.45) is 0 Å². The first-order chi connectivity index (χ1) is 6.56. The quantitative estimate of drug-likeness (QED) is 0.714. The number of benzene rings is 1. The fourth-order valence-electron chi connectivity index (χ4n) is 1.13. The predicted molar refractivity (Wildman–Crippen MR) is 55.4 cm³/mol. The largest absolute Gasteiger partial charge is 0.496 e. The van der Waals surface area contributed by atoms with Gasteiger partial charge in [0.25, 0.3) is 5.91 Å². The number of nitrogens with two attached hydrogens (primary N) is 1. The van der Waals surface area contributed by atoms with Gasteiger partial charge in [0.1, 0.15) is 5.75 Å². The van der Waals surface area contributed by atoms with Crippen LogP contribution < -0.4 is 10.5 Å². The summed E-state index contributed by atoms with van der Waals surface area (Å²) in [6.45, 7) is 0. The molecule has 4 nitrogen and oxygen atoms in total. The molecule has 1 rings (SSSR count). The minimum Gasteiger partial charge on any atom is -0.496 e. The lowest BCUT2D eigenvalue weighted by atomic mass is 10.1. The summed E-state index contributed by atoms with van der Waals surface area (Å²) in [7, 11) is 4.90. The maximum atomic E-state index is 11.6. The lowest BCUT2D eigenvalue weighted by Crippen LogP contribution is -2.22. The van der Waals surface area contributed by atoms with Gasteiger partial charge in [0.15, 0.2) is 0 Å². The average molecular weight is 194 g/mol. The molecule has 0 saturated heterocycles. The molecule has 1 amide bonds. The van der Waals surface area contributed by atoms with Crippen LogP contribution in [-0.4, -0.2) is 32.0 Å². The zero-order valence-corrected chi connectivity index (χ0v) is 8.57. The van der Waals surface area contributed by atoms with Crippen molar-refractivity contribution in [3.05, 3.63) is 23.8 Å². The molecule has 0 atom stereocenters. The first kappa shape index (κ1) is 10.4. The maximum Gasteiger partial charge on any atom is 0.257 e. The Balaban J connectivity index is 3.14. The van der Waals surface area contributed by atoms with Crippen molar-refractivity contribution in [3.63, 3.8) is 0 Å². The number of amides is 1. The number of hydrogen-bond acceptors (Lipinski definition) is 3. The topological polar surface area (TPSA) is 55.6 Å². The molecule has 4 heteroatoms. The highest BCUT2D eigenvalue weighted by atomic mass is 16.5. The van der Waals surface area contributed by atoms with Crippen LogP contribution in [0.15, 0.2) is 18.2 Å². The van der Waals surface area contributed by atoms with E-state index < -0.39 is 0 Å². The van der Waals surface area contributed by atoms with Gasteiger partial charge in [0, 0.05) is 25.8 Å². The Bertz CT molecular complexity index is 348. The van der Waals surface area contributed by atoms with Crippen LogP contribution in [-0.2, 0) is 0 Å². The Morgan fingerprint density at radius 1 is 1.43 bits per heavy atom. The highest BCUT2D eigenvalue weighted by molar-refractivity contribution is 5.97. The summed E-state index contributed by atoms with van der Waals surface area (Å²) in [5.74, 6) is 0.408. The summed E-state index contributed by atoms with van der Waals surface area (Å²) in [6, 6.07) is 4.98. The Morgan fingerprint density at radius 3 is 2.57 bits per heavy atom. The molecule has 0 bridgehead atoms. The maximum absolute atomic E-state index is 11.6. The number of rotatable bonds is 2. The minimum atomic E-state index is -0.0955. The van der Waals surface area contributed by atoms with Gasteiger partial charge in [0.05, 0.1) is 12.7 Å². The van der Waals surface area contributed by atoms with Crippen molar-refractivity contribution in [2.75, 3.05) is 26.9 Å². The molecule has 0 unspecified atom stereocenters. The molecule has 0 aliphatic heterocycles. The van der Waals surface area contributed by atoms with E-state index in [4.69, 9.17) is 10.5 Å². The van der Waals surface area contributed by atoms with Crippen LogP contribution in [0.3, 0.4) is 0 Å². The van der Waals surface area contributed by atoms with Crippen LogP contribution in [0, 0.1) is 0 Å². The zero-order valence-electron chi connectivity index (χ0n) is 8.57. The van der Waals surface area contributed by atoms with E-state index in [0.717, 1.165) is 0 Å². The zero-order chi connectivity index (χ0) is 10.7. The van der Waals surface area contributed by atoms with Gasteiger partial charge in [-0.15, -0.1) is 0 Å². The smallest absolute Gasteiger partial charge is 0.257 e. The van der Waals surface area contributed by atoms with E-state index in [1.165, 1.54) is 12.0 Å². The van der Waals surface area contributed by atoms with E-state index in [-0.39, 0.29) is 5.91 Å². The van der Waals surface area contributed by atoms with Crippen LogP contribution in [0.5, 0.6) is 5.75 Å². The van der Waals surface area contributed by atoms with Gasteiger partial charge in [-0.1, -0.05) is 0 Å². The average Bonchev–Trinajstić information content (AvgIpc) is 2.16. The molecule has 0 aliphatic carbocycles. The van der Waals surface area contributed by atoms with Gasteiger partial charge in [-0.3, -0.25) is 4.79 Å². The second kappa shape index (κ2) is 4.00. The van der Waals surface area contributed by atoms with Crippen molar-refractivity contribution in [2.45, 2.75) is 0 Å². The summed E-state index contributed by atoms with van der Waals surface area (Å²) in [5, 5.41) is 0.